The van der Waals surface area contributed by atoms with Crippen molar-refractivity contribution in [2.45, 2.75) is 117 Å². The molecule has 4 nitrogen and oxygen atoms in total. The minimum Gasteiger partial charge on any atom is -0.508 e. The van der Waals surface area contributed by atoms with Gasteiger partial charge in [-0.2, -0.15) is 0 Å². The lowest BCUT2D eigenvalue weighted by Crippen LogP contribution is -2.00. The van der Waals surface area contributed by atoms with E-state index in [9.17, 15) is 4.21 Å². The highest BCUT2D eigenvalue weighted by Gasteiger charge is 2.06. The molecule has 0 spiro atoms. The number of unbranched alkanes of at least 4 members (excludes halogenated alkanes) is 10. The first-order valence-corrected chi connectivity index (χ1v) is 16.1. The number of benzene rings is 3. The molecule has 222 valence electrons. The van der Waals surface area contributed by atoms with E-state index in [4.69, 9.17) is 14.4 Å². The zero-order valence-electron chi connectivity index (χ0n) is 25.5. The van der Waals surface area contributed by atoms with Crippen LogP contribution in [0.5, 0.6) is 17.2 Å². The molecule has 0 bridgehead atoms. The molecular formula is C35H52O4S. The second-order valence-electron chi connectivity index (χ2n) is 10.3. The van der Waals surface area contributed by atoms with Crippen molar-refractivity contribution >= 4 is 11.1 Å². The minimum absolute atomic E-state index is 0.142. The molecule has 5 heteroatoms. The highest BCUT2D eigenvalue weighted by molar-refractivity contribution is 7.80. The summed E-state index contributed by atoms with van der Waals surface area (Å²) < 4.78 is 17.2. The van der Waals surface area contributed by atoms with E-state index < -0.39 is 11.1 Å². The maximum atomic E-state index is 11.9. The summed E-state index contributed by atoms with van der Waals surface area (Å²) in [6.45, 7) is 10.5. The molecule has 3 aromatic carbocycles. The molecule has 0 fully saturated rings. The van der Waals surface area contributed by atoms with Crippen LogP contribution in [0.4, 0.5) is 0 Å². The number of phenols is 2. The molecule has 3 rings (SSSR count). The average molecular weight is 569 g/mol. The molecule has 0 aliphatic heterocycles. The third-order valence-electron chi connectivity index (χ3n) is 6.59. The largest absolute Gasteiger partial charge is 0.508 e. The van der Waals surface area contributed by atoms with Gasteiger partial charge >= 0.3 is 0 Å². The van der Waals surface area contributed by atoms with E-state index in [1.165, 1.54) is 93.9 Å². The molecular weight excluding hydrogens is 516 g/mol. The van der Waals surface area contributed by atoms with Crippen LogP contribution >= 0.6 is 0 Å². The van der Waals surface area contributed by atoms with Crippen molar-refractivity contribution in [3.63, 3.8) is 0 Å². The molecule has 0 aliphatic rings. The summed E-state index contributed by atoms with van der Waals surface area (Å²) in [4.78, 5) is 0.521. The lowest BCUT2D eigenvalue weighted by molar-refractivity contribution is 0.471. The molecule has 0 aromatic heterocycles. The van der Waals surface area contributed by atoms with Crippen LogP contribution in [-0.4, -0.2) is 14.4 Å². The Morgan fingerprint density at radius 2 is 1.15 bits per heavy atom. The molecule has 0 saturated heterocycles. The van der Waals surface area contributed by atoms with E-state index in [2.05, 4.69) is 20.8 Å². The van der Waals surface area contributed by atoms with Crippen molar-refractivity contribution in [3.05, 3.63) is 83.4 Å². The van der Waals surface area contributed by atoms with Crippen LogP contribution in [0, 0.1) is 13.8 Å². The van der Waals surface area contributed by atoms with Gasteiger partial charge in [0.1, 0.15) is 17.2 Å². The smallest absolute Gasteiger partial charge is 0.240 e. The molecule has 3 aromatic rings. The van der Waals surface area contributed by atoms with Crippen molar-refractivity contribution in [2.75, 3.05) is 0 Å². The SMILES string of the molecule is CCCCCCCCCCCCC.CCc1ccc(OS(=O)c2ccc(O)cc2)cc1.Cc1ccc(O)c(C)c1. The van der Waals surface area contributed by atoms with Crippen molar-refractivity contribution in [1.29, 1.82) is 0 Å². The van der Waals surface area contributed by atoms with Crippen LogP contribution in [-0.2, 0) is 17.5 Å². The number of aryl methyl sites for hydroxylation is 3. The van der Waals surface area contributed by atoms with Gasteiger partial charge in [-0.1, -0.05) is 121 Å². The Hall–Kier alpha value is -2.79. The fourth-order valence-electron chi connectivity index (χ4n) is 4.02. The third-order valence-corrected chi connectivity index (χ3v) is 7.59. The van der Waals surface area contributed by atoms with Gasteiger partial charge in [0.05, 0.1) is 4.90 Å². The Morgan fingerprint density at radius 1 is 0.650 bits per heavy atom. The van der Waals surface area contributed by atoms with Crippen molar-refractivity contribution < 1.29 is 18.6 Å². The highest BCUT2D eigenvalue weighted by atomic mass is 32.2. The van der Waals surface area contributed by atoms with Crippen LogP contribution in [0.1, 0.15) is 108 Å². The number of hydrogen-bond donors (Lipinski definition) is 2. The van der Waals surface area contributed by atoms with Crippen LogP contribution in [0.3, 0.4) is 0 Å². The van der Waals surface area contributed by atoms with Gasteiger partial charge < -0.3 is 14.4 Å². The number of hydrogen-bond acceptors (Lipinski definition) is 4. The van der Waals surface area contributed by atoms with Gasteiger partial charge in [0, 0.05) is 0 Å². The van der Waals surface area contributed by atoms with Crippen LogP contribution < -0.4 is 4.18 Å². The summed E-state index contributed by atoms with van der Waals surface area (Å²) in [5, 5.41) is 18.2. The molecule has 40 heavy (non-hydrogen) atoms. The van der Waals surface area contributed by atoms with Gasteiger partial charge in [-0.25, -0.2) is 4.21 Å². The van der Waals surface area contributed by atoms with E-state index in [1.54, 1.807) is 30.3 Å². The lowest BCUT2D eigenvalue weighted by Gasteiger charge is -2.05. The maximum absolute atomic E-state index is 11.9. The van der Waals surface area contributed by atoms with E-state index in [-0.39, 0.29) is 5.75 Å². The quantitative estimate of drug-likeness (QED) is 0.190. The third kappa shape index (κ3) is 16.3. The first-order chi connectivity index (χ1) is 19.3. The first kappa shape index (κ1) is 35.2. The van der Waals surface area contributed by atoms with Crippen molar-refractivity contribution in [1.82, 2.24) is 0 Å². The topological polar surface area (TPSA) is 66.8 Å². The Bertz CT molecular complexity index is 1050. The molecule has 0 saturated carbocycles. The lowest BCUT2D eigenvalue weighted by atomic mass is 10.1. The molecule has 0 amide bonds. The van der Waals surface area contributed by atoms with E-state index in [0.717, 1.165) is 12.0 Å². The predicted octanol–water partition coefficient (Wildman–Crippen LogP) is 10.4. The Labute approximate surface area is 246 Å². The standard InChI is InChI=1S/C14H14O3S.C13H28.C8H10O/c1-2-11-3-7-13(8-4-11)17-18(16)14-9-5-12(15)6-10-14;1-3-5-7-9-11-13-12-10-8-6-4-2;1-6-3-4-8(9)7(2)5-6/h3-10,15H,2H2,1H3;3-13H2,1-2H3;3-5,9H,1-2H3. The summed E-state index contributed by atoms with van der Waals surface area (Å²) in [6.07, 6.45) is 16.9. The zero-order valence-corrected chi connectivity index (χ0v) is 26.3. The zero-order chi connectivity index (χ0) is 29.6. The second-order valence-corrected chi connectivity index (χ2v) is 11.4. The van der Waals surface area contributed by atoms with Gasteiger partial charge in [-0.15, -0.1) is 0 Å². The number of phenolic OH excluding ortho intramolecular Hbond substituents is 2. The van der Waals surface area contributed by atoms with Crippen molar-refractivity contribution in [3.8, 4) is 17.2 Å². The number of rotatable bonds is 14. The van der Waals surface area contributed by atoms with Crippen LogP contribution in [0.25, 0.3) is 0 Å². The summed E-state index contributed by atoms with van der Waals surface area (Å²) in [5.74, 6) is 1.09. The molecule has 0 heterocycles. The highest BCUT2D eigenvalue weighted by Crippen LogP contribution is 2.19. The van der Waals surface area contributed by atoms with Gasteiger partial charge in [-0.3, -0.25) is 0 Å². The Balaban J connectivity index is 0.000000320. The predicted molar refractivity (Wildman–Crippen MR) is 171 cm³/mol. The Morgan fingerprint density at radius 3 is 1.57 bits per heavy atom. The fraction of sp³-hybridized carbons (Fsp3) is 0.486. The summed E-state index contributed by atoms with van der Waals surface area (Å²) >= 11 is -1.56. The van der Waals surface area contributed by atoms with Gasteiger partial charge in [0.25, 0.3) is 0 Å². The maximum Gasteiger partial charge on any atom is 0.240 e. The van der Waals surface area contributed by atoms with Crippen LogP contribution in [0.2, 0.25) is 0 Å². The molecule has 1 unspecified atom stereocenters. The number of aromatic hydroxyl groups is 2. The first-order valence-electron chi connectivity index (χ1n) is 15.0. The molecule has 2 N–H and O–H groups in total. The van der Waals surface area contributed by atoms with Crippen LogP contribution in [0.15, 0.2) is 71.6 Å². The monoisotopic (exact) mass is 568 g/mol. The summed E-state index contributed by atoms with van der Waals surface area (Å²) in [5.41, 5.74) is 3.33. The fourth-order valence-corrected chi connectivity index (χ4v) is 4.76. The summed E-state index contributed by atoms with van der Waals surface area (Å²) in [6, 6.07) is 19.2. The normalized spacial score (nSPS) is 11.0. The average Bonchev–Trinajstić information content (AvgIpc) is 2.96. The van der Waals surface area contributed by atoms with E-state index in [0.29, 0.717) is 16.4 Å². The van der Waals surface area contributed by atoms with E-state index >= 15 is 0 Å². The molecule has 1 atom stereocenters. The van der Waals surface area contributed by atoms with Crippen molar-refractivity contribution in [2.24, 2.45) is 0 Å². The molecule has 0 radical (unpaired) electrons. The van der Waals surface area contributed by atoms with Gasteiger partial charge in [-0.05, 0) is 73.9 Å². The second kappa shape index (κ2) is 22.0. The van der Waals surface area contributed by atoms with E-state index in [1.807, 2.05) is 38.1 Å². The minimum atomic E-state index is -1.56. The van der Waals surface area contributed by atoms with Gasteiger partial charge in [0.15, 0.2) is 0 Å². The summed E-state index contributed by atoms with van der Waals surface area (Å²) in [7, 11) is 0. The Kier molecular flexibility index (Phi) is 19.3. The van der Waals surface area contributed by atoms with Gasteiger partial charge in [0.2, 0.25) is 11.1 Å². The molecule has 0 aliphatic carbocycles.